The Hall–Kier alpha value is -2.27. The zero-order chi connectivity index (χ0) is 15.9. The Balaban J connectivity index is 1.34. The van der Waals surface area contributed by atoms with E-state index in [0.717, 1.165) is 38.9 Å². The van der Waals surface area contributed by atoms with Crippen molar-refractivity contribution in [2.45, 2.75) is 25.8 Å². The SMILES string of the molecule is O=C(NCCCCN1CCc2ccccc2C1)c1cnccn1. The lowest BCUT2D eigenvalue weighted by Gasteiger charge is -2.28. The van der Waals surface area contributed by atoms with Crippen molar-refractivity contribution in [1.29, 1.82) is 0 Å². The van der Waals surface area contributed by atoms with Gasteiger partial charge >= 0.3 is 0 Å². The van der Waals surface area contributed by atoms with Crippen LogP contribution in [0.3, 0.4) is 0 Å². The number of rotatable bonds is 6. The standard InChI is InChI=1S/C18H22N4O/c23-18(17-13-19-9-10-20-17)21-8-3-4-11-22-12-7-15-5-1-2-6-16(15)14-22/h1-2,5-6,9-10,13H,3-4,7-8,11-12,14H2,(H,21,23). The summed E-state index contributed by atoms with van der Waals surface area (Å²) in [7, 11) is 0. The molecule has 0 aliphatic carbocycles. The topological polar surface area (TPSA) is 58.1 Å². The number of hydrogen-bond donors (Lipinski definition) is 1. The molecule has 5 nitrogen and oxygen atoms in total. The zero-order valence-electron chi connectivity index (χ0n) is 13.2. The number of unbranched alkanes of at least 4 members (excludes halogenated alkanes) is 1. The van der Waals surface area contributed by atoms with Crippen molar-refractivity contribution in [1.82, 2.24) is 20.2 Å². The van der Waals surface area contributed by atoms with E-state index in [0.29, 0.717) is 12.2 Å². The molecule has 2 heterocycles. The lowest BCUT2D eigenvalue weighted by atomic mass is 10.00. The van der Waals surface area contributed by atoms with Crippen molar-refractivity contribution in [2.75, 3.05) is 19.6 Å². The third kappa shape index (κ3) is 4.36. The summed E-state index contributed by atoms with van der Waals surface area (Å²) in [4.78, 5) is 22.2. The summed E-state index contributed by atoms with van der Waals surface area (Å²) in [6, 6.07) is 8.69. The molecule has 1 aliphatic heterocycles. The zero-order valence-corrected chi connectivity index (χ0v) is 13.2. The van der Waals surface area contributed by atoms with Gasteiger partial charge in [0.05, 0.1) is 6.20 Å². The van der Waals surface area contributed by atoms with Gasteiger partial charge in [-0.3, -0.25) is 14.7 Å². The van der Waals surface area contributed by atoms with Crippen molar-refractivity contribution >= 4 is 5.91 Å². The van der Waals surface area contributed by atoms with Crippen molar-refractivity contribution in [3.8, 4) is 0 Å². The minimum Gasteiger partial charge on any atom is -0.351 e. The third-order valence-electron chi connectivity index (χ3n) is 4.19. The largest absolute Gasteiger partial charge is 0.351 e. The van der Waals surface area contributed by atoms with E-state index in [9.17, 15) is 4.79 Å². The van der Waals surface area contributed by atoms with Crippen LogP contribution in [0.15, 0.2) is 42.9 Å². The predicted molar refractivity (Wildman–Crippen MR) is 89.0 cm³/mol. The molecule has 0 saturated carbocycles. The maximum absolute atomic E-state index is 11.8. The van der Waals surface area contributed by atoms with Crippen LogP contribution in [0, 0.1) is 0 Å². The Bertz CT molecular complexity index is 644. The van der Waals surface area contributed by atoms with Crippen molar-refractivity contribution in [2.24, 2.45) is 0 Å². The number of aromatic nitrogens is 2. The van der Waals surface area contributed by atoms with E-state index in [1.54, 1.807) is 6.20 Å². The monoisotopic (exact) mass is 310 g/mol. The van der Waals surface area contributed by atoms with E-state index in [1.165, 1.54) is 23.5 Å². The van der Waals surface area contributed by atoms with Gasteiger partial charge < -0.3 is 5.32 Å². The van der Waals surface area contributed by atoms with Gasteiger partial charge in [0.1, 0.15) is 5.69 Å². The van der Waals surface area contributed by atoms with Crippen LogP contribution in [0.4, 0.5) is 0 Å². The number of fused-ring (bicyclic) bond motifs is 1. The molecule has 1 amide bonds. The lowest BCUT2D eigenvalue weighted by molar-refractivity contribution is 0.0947. The predicted octanol–water partition coefficient (Wildman–Crippen LogP) is 2.04. The number of nitrogens with one attached hydrogen (secondary N) is 1. The average Bonchev–Trinajstić information content (AvgIpc) is 2.62. The molecule has 0 unspecified atom stereocenters. The van der Waals surface area contributed by atoms with Crippen molar-refractivity contribution in [3.63, 3.8) is 0 Å². The normalized spacial score (nSPS) is 14.3. The van der Waals surface area contributed by atoms with E-state index >= 15 is 0 Å². The Kier molecular flexibility index (Phi) is 5.32. The third-order valence-corrected chi connectivity index (χ3v) is 4.19. The first kappa shape index (κ1) is 15.6. The molecule has 2 aromatic rings. The second kappa shape index (κ2) is 7.83. The Morgan fingerprint density at radius 1 is 1.17 bits per heavy atom. The van der Waals surface area contributed by atoms with Crippen molar-refractivity contribution in [3.05, 3.63) is 59.7 Å². The summed E-state index contributed by atoms with van der Waals surface area (Å²) >= 11 is 0. The lowest BCUT2D eigenvalue weighted by Crippen LogP contribution is -2.32. The van der Waals surface area contributed by atoms with E-state index in [1.807, 2.05) is 0 Å². The first-order chi connectivity index (χ1) is 11.3. The molecule has 0 bridgehead atoms. The fourth-order valence-electron chi connectivity index (χ4n) is 2.91. The number of hydrogen-bond acceptors (Lipinski definition) is 4. The summed E-state index contributed by atoms with van der Waals surface area (Å²) < 4.78 is 0. The first-order valence-electron chi connectivity index (χ1n) is 8.16. The van der Waals surface area contributed by atoms with Crippen LogP contribution < -0.4 is 5.32 Å². The Morgan fingerprint density at radius 2 is 2.04 bits per heavy atom. The van der Waals surface area contributed by atoms with Gasteiger partial charge in [-0.1, -0.05) is 24.3 Å². The molecule has 0 atom stereocenters. The molecule has 3 rings (SSSR count). The van der Waals surface area contributed by atoms with Crippen LogP contribution in [0.1, 0.15) is 34.5 Å². The minimum absolute atomic E-state index is 0.148. The van der Waals surface area contributed by atoms with E-state index in [-0.39, 0.29) is 5.91 Å². The van der Waals surface area contributed by atoms with E-state index < -0.39 is 0 Å². The van der Waals surface area contributed by atoms with Crippen molar-refractivity contribution < 1.29 is 4.79 Å². The molecule has 1 aromatic heterocycles. The summed E-state index contributed by atoms with van der Waals surface area (Å²) in [5, 5.41) is 2.89. The number of amides is 1. The fourth-order valence-corrected chi connectivity index (χ4v) is 2.91. The van der Waals surface area contributed by atoms with Gasteiger partial charge in [0, 0.05) is 32.0 Å². The Morgan fingerprint density at radius 3 is 2.87 bits per heavy atom. The molecule has 0 radical (unpaired) electrons. The van der Waals surface area contributed by atoms with Gasteiger partial charge in [-0.2, -0.15) is 0 Å². The Labute approximate surface area is 136 Å². The molecular formula is C18H22N4O. The van der Waals surface area contributed by atoms with E-state index in [4.69, 9.17) is 0 Å². The average molecular weight is 310 g/mol. The highest BCUT2D eigenvalue weighted by molar-refractivity contribution is 5.91. The number of carbonyl (C=O) groups excluding carboxylic acids is 1. The highest BCUT2D eigenvalue weighted by Gasteiger charge is 2.14. The molecule has 0 fully saturated rings. The fraction of sp³-hybridized carbons (Fsp3) is 0.389. The second-order valence-corrected chi connectivity index (χ2v) is 5.85. The second-order valence-electron chi connectivity index (χ2n) is 5.85. The van der Waals surface area contributed by atoms with Crippen LogP contribution >= 0.6 is 0 Å². The molecule has 0 spiro atoms. The van der Waals surface area contributed by atoms with Gasteiger partial charge in [-0.25, -0.2) is 4.98 Å². The molecule has 1 aromatic carbocycles. The van der Waals surface area contributed by atoms with Gasteiger partial charge in [0.25, 0.3) is 5.91 Å². The van der Waals surface area contributed by atoms with Gasteiger partial charge in [0.2, 0.25) is 0 Å². The maximum Gasteiger partial charge on any atom is 0.271 e. The minimum atomic E-state index is -0.148. The molecule has 23 heavy (non-hydrogen) atoms. The summed E-state index contributed by atoms with van der Waals surface area (Å²) in [5.74, 6) is -0.148. The van der Waals surface area contributed by atoms with Crippen LogP contribution in [-0.2, 0) is 13.0 Å². The van der Waals surface area contributed by atoms with Gasteiger partial charge in [-0.05, 0) is 36.9 Å². The van der Waals surface area contributed by atoms with Crippen LogP contribution in [-0.4, -0.2) is 40.4 Å². The quantitative estimate of drug-likeness (QED) is 0.830. The van der Waals surface area contributed by atoms with E-state index in [2.05, 4.69) is 44.5 Å². The summed E-state index contributed by atoms with van der Waals surface area (Å²) in [6.07, 6.45) is 7.78. The highest BCUT2D eigenvalue weighted by atomic mass is 16.1. The maximum atomic E-state index is 11.8. The first-order valence-corrected chi connectivity index (χ1v) is 8.16. The van der Waals surface area contributed by atoms with Gasteiger partial charge in [0.15, 0.2) is 0 Å². The molecule has 1 aliphatic rings. The number of carbonyl (C=O) groups is 1. The van der Waals surface area contributed by atoms with Gasteiger partial charge in [-0.15, -0.1) is 0 Å². The molecular weight excluding hydrogens is 288 g/mol. The molecule has 1 N–H and O–H groups in total. The molecule has 120 valence electrons. The highest BCUT2D eigenvalue weighted by Crippen LogP contribution is 2.18. The number of nitrogens with zero attached hydrogens (tertiary/aromatic N) is 3. The van der Waals surface area contributed by atoms with Crippen LogP contribution in [0.5, 0.6) is 0 Å². The van der Waals surface area contributed by atoms with Crippen LogP contribution in [0.25, 0.3) is 0 Å². The summed E-state index contributed by atoms with van der Waals surface area (Å²) in [5.41, 5.74) is 3.31. The smallest absolute Gasteiger partial charge is 0.271 e. The number of benzene rings is 1. The molecule has 0 saturated heterocycles. The van der Waals surface area contributed by atoms with Crippen LogP contribution in [0.2, 0.25) is 0 Å². The molecule has 5 heteroatoms. The summed E-state index contributed by atoms with van der Waals surface area (Å²) in [6.45, 7) is 3.93.